The fraction of sp³-hybridized carbons (Fsp3) is 0.500. The van der Waals surface area contributed by atoms with Gasteiger partial charge in [-0.15, -0.1) is 0 Å². The highest BCUT2D eigenvalue weighted by atomic mass is 19.1. The van der Waals surface area contributed by atoms with Crippen LogP contribution in [-0.2, 0) is 13.0 Å². The van der Waals surface area contributed by atoms with Gasteiger partial charge in [-0.25, -0.2) is 8.78 Å². The van der Waals surface area contributed by atoms with Crippen LogP contribution < -0.4 is 4.74 Å². The van der Waals surface area contributed by atoms with Crippen molar-refractivity contribution in [3.8, 4) is 11.8 Å². The number of aliphatic hydroxyl groups is 1. The smallest absolute Gasteiger partial charge is 0.191 e. The molecular formula is C20H23F2N3O2. The SMILES string of the molecule is Cc1nn(C2CCCC2)c(COc2c(F)cc(CCCO)cc2F)c1C#N. The van der Waals surface area contributed by atoms with Crippen LogP contribution in [-0.4, -0.2) is 21.5 Å². The van der Waals surface area contributed by atoms with E-state index in [2.05, 4.69) is 11.2 Å². The van der Waals surface area contributed by atoms with Crippen LogP contribution >= 0.6 is 0 Å². The molecule has 1 N–H and O–H groups in total. The molecule has 1 aliphatic rings. The first-order valence-electron chi connectivity index (χ1n) is 9.24. The van der Waals surface area contributed by atoms with Crippen LogP contribution in [0.2, 0.25) is 0 Å². The number of halogens is 2. The molecule has 1 aromatic heterocycles. The summed E-state index contributed by atoms with van der Waals surface area (Å²) in [5, 5.41) is 22.8. The lowest BCUT2D eigenvalue weighted by Crippen LogP contribution is -2.14. The maximum Gasteiger partial charge on any atom is 0.191 e. The Labute approximate surface area is 157 Å². The second-order valence-corrected chi connectivity index (χ2v) is 6.91. The Bertz CT molecular complexity index is 829. The van der Waals surface area contributed by atoms with Gasteiger partial charge in [-0.2, -0.15) is 10.4 Å². The lowest BCUT2D eigenvalue weighted by atomic mass is 10.1. The fourth-order valence-corrected chi connectivity index (χ4v) is 3.65. The number of hydrogen-bond donors (Lipinski definition) is 1. The number of nitriles is 1. The van der Waals surface area contributed by atoms with Crippen molar-refractivity contribution in [3.63, 3.8) is 0 Å². The minimum absolute atomic E-state index is 0.0388. The highest BCUT2D eigenvalue weighted by molar-refractivity contribution is 5.38. The number of benzene rings is 1. The molecule has 1 heterocycles. The zero-order chi connectivity index (χ0) is 19.4. The van der Waals surface area contributed by atoms with Gasteiger partial charge in [0.1, 0.15) is 12.7 Å². The van der Waals surface area contributed by atoms with Gasteiger partial charge in [0, 0.05) is 6.61 Å². The monoisotopic (exact) mass is 375 g/mol. The number of aliphatic hydroxyl groups excluding tert-OH is 1. The van der Waals surface area contributed by atoms with Gasteiger partial charge in [0.2, 0.25) is 0 Å². The van der Waals surface area contributed by atoms with E-state index in [1.54, 1.807) is 11.6 Å². The number of nitrogens with zero attached hydrogens (tertiary/aromatic N) is 3. The van der Waals surface area contributed by atoms with E-state index < -0.39 is 17.4 Å². The minimum Gasteiger partial charge on any atom is -0.481 e. The predicted octanol–water partition coefficient (Wildman–Crippen LogP) is 3.96. The molecule has 0 unspecified atom stereocenters. The van der Waals surface area contributed by atoms with Crippen molar-refractivity contribution >= 4 is 0 Å². The molecule has 1 fully saturated rings. The zero-order valence-corrected chi connectivity index (χ0v) is 15.3. The zero-order valence-electron chi connectivity index (χ0n) is 15.3. The van der Waals surface area contributed by atoms with Gasteiger partial charge in [0.25, 0.3) is 0 Å². The van der Waals surface area contributed by atoms with E-state index in [0.717, 1.165) is 25.7 Å². The first kappa shape index (κ1) is 19.3. The summed E-state index contributed by atoms with van der Waals surface area (Å²) in [5.74, 6) is -2.03. The van der Waals surface area contributed by atoms with Crippen LogP contribution in [0.15, 0.2) is 12.1 Å². The third kappa shape index (κ3) is 4.11. The summed E-state index contributed by atoms with van der Waals surface area (Å²) in [7, 11) is 0. The van der Waals surface area contributed by atoms with Crippen molar-refractivity contribution in [2.75, 3.05) is 6.61 Å². The Morgan fingerprint density at radius 1 is 1.30 bits per heavy atom. The summed E-state index contributed by atoms with van der Waals surface area (Å²) in [6.45, 7) is 1.59. The molecule has 0 aliphatic heterocycles. The third-order valence-corrected chi connectivity index (χ3v) is 5.00. The van der Waals surface area contributed by atoms with E-state index in [1.807, 2.05) is 0 Å². The van der Waals surface area contributed by atoms with Gasteiger partial charge < -0.3 is 9.84 Å². The van der Waals surface area contributed by atoms with E-state index in [9.17, 15) is 14.0 Å². The lowest BCUT2D eigenvalue weighted by molar-refractivity contribution is 0.257. The topological polar surface area (TPSA) is 71.1 Å². The predicted molar refractivity (Wildman–Crippen MR) is 95.3 cm³/mol. The van der Waals surface area contributed by atoms with Crippen LogP contribution in [0.5, 0.6) is 5.75 Å². The Hall–Kier alpha value is -2.46. The number of ether oxygens (including phenoxy) is 1. The molecule has 2 aromatic rings. The van der Waals surface area contributed by atoms with Crippen molar-refractivity contribution in [3.05, 3.63) is 46.3 Å². The molecule has 0 saturated heterocycles. The van der Waals surface area contributed by atoms with Gasteiger partial charge in [0.05, 0.1) is 23.0 Å². The molecular weight excluding hydrogens is 352 g/mol. The average molecular weight is 375 g/mol. The molecule has 0 amide bonds. The summed E-state index contributed by atoms with van der Waals surface area (Å²) < 4.78 is 35.9. The molecule has 0 atom stereocenters. The lowest BCUT2D eigenvalue weighted by Gasteiger charge is -2.16. The van der Waals surface area contributed by atoms with Gasteiger partial charge in [-0.1, -0.05) is 12.8 Å². The Balaban J connectivity index is 1.83. The van der Waals surface area contributed by atoms with Gasteiger partial charge in [-0.05, 0) is 50.3 Å². The van der Waals surface area contributed by atoms with Crippen LogP contribution in [0.3, 0.4) is 0 Å². The summed E-state index contributed by atoms with van der Waals surface area (Å²) in [6, 6.07) is 4.77. The number of rotatable bonds is 7. The number of aryl methyl sites for hydroxylation is 2. The molecule has 7 heteroatoms. The molecule has 144 valence electrons. The molecule has 5 nitrogen and oxygen atoms in total. The maximum absolute atomic E-state index is 14.3. The van der Waals surface area contributed by atoms with E-state index in [-0.39, 0.29) is 19.3 Å². The second-order valence-electron chi connectivity index (χ2n) is 6.91. The van der Waals surface area contributed by atoms with Crippen molar-refractivity contribution in [1.82, 2.24) is 9.78 Å². The van der Waals surface area contributed by atoms with E-state index in [1.165, 1.54) is 12.1 Å². The van der Waals surface area contributed by atoms with Crippen LogP contribution in [0.25, 0.3) is 0 Å². The molecule has 0 bridgehead atoms. The highest BCUT2D eigenvalue weighted by Gasteiger charge is 2.25. The average Bonchev–Trinajstić information content (AvgIpc) is 3.26. The standard InChI is InChI=1S/C20H23F2N3O2/c1-13-16(11-23)19(25(24-13)15-6-2-3-7-15)12-27-20-17(21)9-14(5-4-8-26)10-18(20)22/h9-10,15,26H,2-8,12H2,1H3. The fourth-order valence-electron chi connectivity index (χ4n) is 3.65. The highest BCUT2D eigenvalue weighted by Crippen LogP contribution is 2.32. The quantitative estimate of drug-likeness (QED) is 0.795. The molecule has 27 heavy (non-hydrogen) atoms. The molecule has 1 aliphatic carbocycles. The summed E-state index contributed by atoms with van der Waals surface area (Å²) in [6.07, 6.45) is 4.97. The summed E-state index contributed by atoms with van der Waals surface area (Å²) in [4.78, 5) is 0. The van der Waals surface area contributed by atoms with Crippen LogP contribution in [0.4, 0.5) is 8.78 Å². The summed E-state index contributed by atoms with van der Waals surface area (Å²) in [5.41, 5.74) is 2.03. The number of hydrogen-bond acceptors (Lipinski definition) is 4. The van der Waals surface area contributed by atoms with Crippen LogP contribution in [0.1, 0.15) is 60.7 Å². The van der Waals surface area contributed by atoms with Crippen molar-refractivity contribution in [2.45, 2.75) is 58.1 Å². The molecule has 3 rings (SSSR count). The third-order valence-electron chi connectivity index (χ3n) is 5.00. The Kier molecular flexibility index (Phi) is 6.07. The maximum atomic E-state index is 14.3. The first-order valence-corrected chi connectivity index (χ1v) is 9.24. The Morgan fingerprint density at radius 2 is 1.96 bits per heavy atom. The van der Waals surface area contributed by atoms with Gasteiger partial charge in [-0.3, -0.25) is 4.68 Å². The second kappa shape index (κ2) is 8.49. The molecule has 0 radical (unpaired) electrons. The van der Waals surface area contributed by atoms with Crippen molar-refractivity contribution in [2.24, 2.45) is 0 Å². The van der Waals surface area contributed by atoms with Crippen molar-refractivity contribution in [1.29, 1.82) is 5.26 Å². The van der Waals surface area contributed by atoms with Gasteiger partial charge >= 0.3 is 0 Å². The van der Waals surface area contributed by atoms with Crippen LogP contribution in [0, 0.1) is 29.9 Å². The largest absolute Gasteiger partial charge is 0.481 e. The minimum atomic E-state index is -0.787. The first-order chi connectivity index (χ1) is 13.0. The van der Waals surface area contributed by atoms with E-state index in [0.29, 0.717) is 35.4 Å². The molecule has 0 spiro atoms. The van der Waals surface area contributed by atoms with Gasteiger partial charge in [0.15, 0.2) is 17.4 Å². The molecule has 1 saturated carbocycles. The summed E-state index contributed by atoms with van der Waals surface area (Å²) >= 11 is 0. The van der Waals surface area contributed by atoms with Crippen molar-refractivity contribution < 1.29 is 18.6 Å². The molecule has 1 aromatic carbocycles. The Morgan fingerprint density at radius 3 is 2.56 bits per heavy atom. The normalized spacial score (nSPS) is 14.5. The number of aromatic nitrogens is 2. The van der Waals surface area contributed by atoms with E-state index >= 15 is 0 Å². The van der Waals surface area contributed by atoms with E-state index in [4.69, 9.17) is 9.84 Å².